The van der Waals surface area contributed by atoms with E-state index in [1.54, 1.807) is 18.0 Å². The Morgan fingerprint density at radius 2 is 2.12 bits per heavy atom. The van der Waals surface area contributed by atoms with E-state index in [0.717, 1.165) is 31.5 Å². The second kappa shape index (κ2) is 8.62. The van der Waals surface area contributed by atoms with Gasteiger partial charge >= 0.3 is 0 Å². The van der Waals surface area contributed by atoms with Gasteiger partial charge in [-0.05, 0) is 31.0 Å². The average molecular weight is 355 g/mol. The first-order valence-electron chi connectivity index (χ1n) is 8.95. The Hall–Kier alpha value is -2.67. The lowest BCUT2D eigenvalue weighted by atomic mass is 10.1. The fourth-order valence-corrected chi connectivity index (χ4v) is 3.05. The van der Waals surface area contributed by atoms with Gasteiger partial charge in [-0.1, -0.05) is 30.3 Å². The highest BCUT2D eigenvalue weighted by molar-refractivity contribution is 5.94. The van der Waals surface area contributed by atoms with Gasteiger partial charge in [-0.25, -0.2) is 0 Å². The first-order valence-corrected chi connectivity index (χ1v) is 8.95. The number of carbonyl (C=O) groups excluding carboxylic acids is 2. The average Bonchev–Trinajstić information content (AvgIpc) is 3.17. The Bertz CT molecular complexity index is 737. The van der Waals surface area contributed by atoms with Gasteiger partial charge in [-0.3, -0.25) is 14.3 Å². The molecule has 1 fully saturated rings. The van der Waals surface area contributed by atoms with E-state index >= 15 is 0 Å². The molecule has 1 aliphatic heterocycles. The number of hydrogen-bond donors (Lipinski definition) is 2. The summed E-state index contributed by atoms with van der Waals surface area (Å²) in [6.45, 7) is 2.37. The Morgan fingerprint density at radius 1 is 1.31 bits per heavy atom. The third kappa shape index (κ3) is 4.70. The van der Waals surface area contributed by atoms with Crippen LogP contribution in [0.5, 0.6) is 0 Å². The molecule has 1 aromatic heterocycles. The van der Waals surface area contributed by atoms with E-state index in [-0.39, 0.29) is 24.4 Å². The quantitative estimate of drug-likeness (QED) is 0.816. The van der Waals surface area contributed by atoms with Crippen molar-refractivity contribution in [2.75, 3.05) is 26.7 Å². The van der Waals surface area contributed by atoms with Crippen LogP contribution in [-0.2, 0) is 11.3 Å². The minimum atomic E-state index is -0.325. The van der Waals surface area contributed by atoms with Crippen molar-refractivity contribution in [3.05, 3.63) is 53.9 Å². The highest BCUT2D eigenvalue weighted by Gasteiger charge is 2.18. The molecule has 7 heteroatoms. The highest BCUT2D eigenvalue weighted by atomic mass is 16.2. The fraction of sp³-hybridized carbons (Fsp3) is 0.421. The maximum atomic E-state index is 12.3. The van der Waals surface area contributed by atoms with Gasteiger partial charge in [0.15, 0.2) is 0 Å². The van der Waals surface area contributed by atoms with E-state index in [4.69, 9.17) is 0 Å². The minimum absolute atomic E-state index is 0.0417. The molecule has 7 nitrogen and oxygen atoms in total. The number of carbonyl (C=O) groups is 2. The summed E-state index contributed by atoms with van der Waals surface area (Å²) < 4.78 is 1.84. The van der Waals surface area contributed by atoms with Gasteiger partial charge in [0, 0.05) is 26.3 Å². The van der Waals surface area contributed by atoms with Gasteiger partial charge in [0.05, 0.1) is 12.6 Å². The molecule has 2 N–H and O–H groups in total. The van der Waals surface area contributed by atoms with Crippen molar-refractivity contribution in [1.29, 1.82) is 0 Å². The first kappa shape index (κ1) is 18.1. The normalized spacial score (nSPS) is 16.9. The van der Waals surface area contributed by atoms with Crippen molar-refractivity contribution in [3.8, 4) is 0 Å². The molecule has 0 bridgehead atoms. The molecule has 3 rings (SSSR count). The SMILES string of the molecule is CN(Cc1ccccc1)C(=O)CNC(=O)c1ccn(C2CCCNC2)n1. The van der Waals surface area contributed by atoms with Crippen LogP contribution >= 0.6 is 0 Å². The molecule has 138 valence electrons. The summed E-state index contributed by atoms with van der Waals surface area (Å²) in [6, 6.07) is 11.7. The van der Waals surface area contributed by atoms with Crippen molar-refractivity contribution in [2.45, 2.75) is 25.4 Å². The molecule has 2 amide bonds. The lowest BCUT2D eigenvalue weighted by Crippen LogP contribution is -2.38. The second-order valence-electron chi connectivity index (χ2n) is 6.60. The van der Waals surface area contributed by atoms with E-state index in [0.29, 0.717) is 12.2 Å². The fourth-order valence-electron chi connectivity index (χ4n) is 3.05. The number of piperidine rings is 1. The standard InChI is InChI=1S/C19H25N5O2/c1-23(14-15-6-3-2-4-7-15)18(25)13-21-19(26)17-9-11-24(22-17)16-8-5-10-20-12-16/h2-4,6-7,9,11,16,20H,5,8,10,12-14H2,1H3,(H,21,26). The van der Waals surface area contributed by atoms with Gasteiger partial charge in [0.2, 0.25) is 5.91 Å². The molecule has 2 aromatic rings. The van der Waals surface area contributed by atoms with Crippen LogP contribution in [-0.4, -0.2) is 53.2 Å². The molecule has 2 heterocycles. The molecule has 1 saturated heterocycles. The predicted molar refractivity (Wildman–Crippen MR) is 98.6 cm³/mol. The number of nitrogens with one attached hydrogen (secondary N) is 2. The summed E-state index contributed by atoms with van der Waals surface area (Å²) in [6.07, 6.45) is 3.99. The number of hydrogen-bond acceptors (Lipinski definition) is 4. The molecule has 0 spiro atoms. The zero-order chi connectivity index (χ0) is 18.4. The Kier molecular flexibility index (Phi) is 6.01. The maximum absolute atomic E-state index is 12.3. The van der Waals surface area contributed by atoms with Crippen LogP contribution in [0.1, 0.15) is 34.9 Å². The number of aromatic nitrogens is 2. The zero-order valence-corrected chi connectivity index (χ0v) is 15.0. The summed E-state index contributed by atoms with van der Waals surface area (Å²) >= 11 is 0. The van der Waals surface area contributed by atoms with Crippen LogP contribution in [0.25, 0.3) is 0 Å². The van der Waals surface area contributed by atoms with E-state index in [1.807, 2.05) is 41.2 Å². The molecule has 1 unspecified atom stereocenters. The predicted octanol–water partition coefficient (Wildman–Crippen LogP) is 1.20. The third-order valence-electron chi connectivity index (χ3n) is 4.57. The molecule has 26 heavy (non-hydrogen) atoms. The van der Waals surface area contributed by atoms with Crippen LogP contribution in [0.2, 0.25) is 0 Å². The highest BCUT2D eigenvalue weighted by Crippen LogP contribution is 2.15. The van der Waals surface area contributed by atoms with Crippen LogP contribution in [0.15, 0.2) is 42.6 Å². The van der Waals surface area contributed by atoms with Crippen molar-refractivity contribution < 1.29 is 9.59 Å². The van der Waals surface area contributed by atoms with Crippen molar-refractivity contribution in [1.82, 2.24) is 25.3 Å². The lowest BCUT2D eigenvalue weighted by Gasteiger charge is -2.22. The molecule has 1 atom stereocenters. The van der Waals surface area contributed by atoms with E-state index in [2.05, 4.69) is 15.7 Å². The van der Waals surface area contributed by atoms with Crippen LogP contribution in [0, 0.1) is 0 Å². The van der Waals surface area contributed by atoms with Gasteiger partial charge in [0.25, 0.3) is 5.91 Å². The van der Waals surface area contributed by atoms with Crippen LogP contribution in [0.3, 0.4) is 0 Å². The summed E-state index contributed by atoms with van der Waals surface area (Å²) in [5.41, 5.74) is 1.39. The number of nitrogens with zero attached hydrogens (tertiary/aromatic N) is 3. The summed E-state index contributed by atoms with van der Waals surface area (Å²) in [5, 5.41) is 10.4. The second-order valence-corrected chi connectivity index (χ2v) is 6.60. The van der Waals surface area contributed by atoms with E-state index < -0.39 is 0 Å². The van der Waals surface area contributed by atoms with Crippen molar-refractivity contribution in [2.24, 2.45) is 0 Å². The summed E-state index contributed by atoms with van der Waals surface area (Å²) in [7, 11) is 1.73. The summed E-state index contributed by atoms with van der Waals surface area (Å²) in [4.78, 5) is 26.1. The van der Waals surface area contributed by atoms with Crippen molar-refractivity contribution in [3.63, 3.8) is 0 Å². The van der Waals surface area contributed by atoms with Gasteiger partial charge < -0.3 is 15.5 Å². The minimum Gasteiger partial charge on any atom is -0.342 e. The monoisotopic (exact) mass is 355 g/mol. The number of rotatable bonds is 6. The van der Waals surface area contributed by atoms with Crippen molar-refractivity contribution >= 4 is 11.8 Å². The first-order chi connectivity index (χ1) is 12.6. The van der Waals surface area contributed by atoms with E-state index in [9.17, 15) is 9.59 Å². The van der Waals surface area contributed by atoms with E-state index in [1.165, 1.54) is 0 Å². The Morgan fingerprint density at radius 3 is 2.85 bits per heavy atom. The zero-order valence-electron chi connectivity index (χ0n) is 15.0. The lowest BCUT2D eigenvalue weighted by molar-refractivity contribution is -0.129. The van der Waals surface area contributed by atoms with Gasteiger partial charge in [-0.2, -0.15) is 5.10 Å². The molecule has 0 radical (unpaired) electrons. The smallest absolute Gasteiger partial charge is 0.272 e. The molecule has 1 aliphatic rings. The number of benzene rings is 1. The molecule has 0 saturated carbocycles. The summed E-state index contributed by atoms with van der Waals surface area (Å²) in [5.74, 6) is -0.466. The topological polar surface area (TPSA) is 79.3 Å². The van der Waals surface area contributed by atoms with Gasteiger partial charge in [-0.15, -0.1) is 0 Å². The van der Waals surface area contributed by atoms with Crippen LogP contribution < -0.4 is 10.6 Å². The molecule has 1 aromatic carbocycles. The Labute approximate surface area is 153 Å². The number of likely N-dealkylation sites (N-methyl/N-ethyl adjacent to an activating group) is 1. The maximum Gasteiger partial charge on any atom is 0.272 e. The molecular weight excluding hydrogens is 330 g/mol. The molecular formula is C19H25N5O2. The molecule has 0 aliphatic carbocycles. The number of amides is 2. The third-order valence-corrected chi connectivity index (χ3v) is 4.57. The van der Waals surface area contributed by atoms with Gasteiger partial charge in [0.1, 0.15) is 5.69 Å². The van der Waals surface area contributed by atoms with Crippen LogP contribution in [0.4, 0.5) is 0 Å². The largest absolute Gasteiger partial charge is 0.342 e. The Balaban J connectivity index is 1.48.